The molecule has 21 heavy (non-hydrogen) atoms. The summed E-state index contributed by atoms with van der Waals surface area (Å²) in [5.74, 6) is -0.507. The summed E-state index contributed by atoms with van der Waals surface area (Å²) in [7, 11) is 1.49. The Labute approximate surface area is 126 Å². The number of carbonyl (C=O) groups is 2. The molecule has 108 valence electrons. The van der Waals surface area contributed by atoms with E-state index in [0.29, 0.717) is 11.1 Å². The molecule has 0 bridgehead atoms. The number of rotatable bonds is 2. The lowest BCUT2D eigenvalue weighted by Gasteiger charge is -2.24. The average molecular weight is 301 g/mol. The maximum Gasteiger partial charge on any atom is 0.260 e. The normalized spacial score (nSPS) is 16.0. The number of amides is 2. The molecule has 1 N–H and O–H groups in total. The number of fused-ring (bicyclic) bond motifs is 1. The van der Waals surface area contributed by atoms with Crippen molar-refractivity contribution in [3.05, 3.63) is 56.8 Å². The van der Waals surface area contributed by atoms with Gasteiger partial charge in [0.05, 0.1) is 6.42 Å². The SMILES string of the molecule is Cc1ccc(C(O)c2ccc3c(c2)C(=O)N(C)C(=O)C3)s1. The molecule has 3 rings (SSSR count). The van der Waals surface area contributed by atoms with Crippen molar-refractivity contribution in [3.63, 3.8) is 0 Å². The van der Waals surface area contributed by atoms with Gasteiger partial charge in [0.2, 0.25) is 5.91 Å². The molecule has 2 heterocycles. The minimum absolute atomic E-state index is 0.199. The Kier molecular flexibility index (Phi) is 3.39. The van der Waals surface area contributed by atoms with E-state index in [4.69, 9.17) is 0 Å². The second kappa shape index (κ2) is 5.09. The Morgan fingerprint density at radius 3 is 2.67 bits per heavy atom. The van der Waals surface area contributed by atoms with Gasteiger partial charge >= 0.3 is 0 Å². The van der Waals surface area contributed by atoms with Gasteiger partial charge in [-0.3, -0.25) is 14.5 Å². The Hall–Kier alpha value is -1.98. The molecule has 0 saturated heterocycles. The lowest BCUT2D eigenvalue weighted by molar-refractivity contribution is -0.127. The highest BCUT2D eigenvalue weighted by molar-refractivity contribution is 7.12. The summed E-state index contributed by atoms with van der Waals surface area (Å²) >= 11 is 1.53. The van der Waals surface area contributed by atoms with Crippen LogP contribution in [0.5, 0.6) is 0 Å². The summed E-state index contributed by atoms with van der Waals surface area (Å²) in [6.45, 7) is 1.98. The van der Waals surface area contributed by atoms with E-state index in [0.717, 1.165) is 20.2 Å². The number of aliphatic hydroxyl groups excluding tert-OH is 1. The van der Waals surface area contributed by atoms with Crippen LogP contribution in [-0.4, -0.2) is 28.9 Å². The molecule has 1 aliphatic heterocycles. The van der Waals surface area contributed by atoms with Crippen LogP contribution in [0, 0.1) is 6.92 Å². The lowest BCUT2D eigenvalue weighted by atomic mass is 9.94. The predicted molar refractivity (Wildman–Crippen MR) is 80.4 cm³/mol. The molecule has 1 unspecified atom stereocenters. The molecule has 5 heteroatoms. The van der Waals surface area contributed by atoms with Gasteiger partial charge < -0.3 is 5.11 Å². The zero-order valence-corrected chi connectivity index (χ0v) is 12.6. The molecule has 1 aromatic carbocycles. The van der Waals surface area contributed by atoms with Crippen LogP contribution >= 0.6 is 11.3 Å². The molecule has 0 fully saturated rings. The highest BCUT2D eigenvalue weighted by Crippen LogP contribution is 2.30. The summed E-state index contributed by atoms with van der Waals surface area (Å²) in [6.07, 6.45) is -0.517. The standard InChI is InChI=1S/C16H15NO3S/c1-9-3-6-13(21-9)15(19)11-5-4-10-8-14(18)17(2)16(20)12(10)7-11/h3-7,15,19H,8H2,1-2H3. The van der Waals surface area contributed by atoms with Crippen molar-refractivity contribution in [2.45, 2.75) is 19.4 Å². The van der Waals surface area contributed by atoms with E-state index in [1.54, 1.807) is 18.2 Å². The van der Waals surface area contributed by atoms with Crippen LogP contribution in [0.4, 0.5) is 0 Å². The van der Waals surface area contributed by atoms with Crippen LogP contribution in [0.2, 0.25) is 0 Å². The molecule has 0 saturated carbocycles. The second-order valence-corrected chi connectivity index (χ2v) is 6.52. The Morgan fingerprint density at radius 1 is 1.24 bits per heavy atom. The van der Waals surface area contributed by atoms with E-state index >= 15 is 0 Å². The van der Waals surface area contributed by atoms with Gasteiger partial charge in [-0.25, -0.2) is 0 Å². The van der Waals surface area contributed by atoms with Crippen molar-refractivity contribution in [3.8, 4) is 0 Å². The van der Waals surface area contributed by atoms with Gasteiger partial charge in [0.1, 0.15) is 6.10 Å². The zero-order valence-electron chi connectivity index (χ0n) is 11.8. The minimum atomic E-state index is -0.746. The highest BCUT2D eigenvalue weighted by atomic mass is 32.1. The third-order valence-corrected chi connectivity index (χ3v) is 4.78. The first kappa shape index (κ1) is 14.0. The Bertz CT molecular complexity index is 735. The van der Waals surface area contributed by atoms with E-state index in [-0.39, 0.29) is 18.2 Å². The molecule has 0 aliphatic carbocycles. The van der Waals surface area contributed by atoms with E-state index < -0.39 is 6.10 Å². The number of nitrogens with zero attached hydrogens (tertiary/aromatic N) is 1. The maximum absolute atomic E-state index is 12.2. The highest BCUT2D eigenvalue weighted by Gasteiger charge is 2.28. The summed E-state index contributed by atoms with van der Waals surface area (Å²) in [6, 6.07) is 9.09. The molecule has 2 aromatic rings. The molecule has 4 nitrogen and oxygen atoms in total. The number of thiophene rings is 1. The number of likely N-dealkylation sites (N-methyl/N-ethyl adjacent to an activating group) is 1. The van der Waals surface area contributed by atoms with Gasteiger partial charge in [0, 0.05) is 22.4 Å². The first-order valence-corrected chi connectivity index (χ1v) is 7.47. The number of imide groups is 1. The van der Waals surface area contributed by atoms with Crippen LogP contribution in [-0.2, 0) is 11.2 Å². The fourth-order valence-corrected chi connectivity index (χ4v) is 3.35. The summed E-state index contributed by atoms with van der Waals surface area (Å²) in [5.41, 5.74) is 1.90. The van der Waals surface area contributed by atoms with Crippen molar-refractivity contribution < 1.29 is 14.7 Å². The number of aliphatic hydroxyl groups is 1. The van der Waals surface area contributed by atoms with Gasteiger partial charge in [0.25, 0.3) is 5.91 Å². The van der Waals surface area contributed by atoms with Crippen molar-refractivity contribution >= 4 is 23.2 Å². The maximum atomic E-state index is 12.2. The zero-order chi connectivity index (χ0) is 15.1. The fourth-order valence-electron chi connectivity index (χ4n) is 2.46. The molecule has 2 amide bonds. The third kappa shape index (κ3) is 2.39. The summed E-state index contributed by atoms with van der Waals surface area (Å²) in [5, 5.41) is 10.4. The van der Waals surface area contributed by atoms with Gasteiger partial charge in [0.15, 0.2) is 0 Å². The van der Waals surface area contributed by atoms with Crippen molar-refractivity contribution in [1.82, 2.24) is 4.90 Å². The van der Waals surface area contributed by atoms with Crippen molar-refractivity contribution in [2.75, 3.05) is 7.05 Å². The molecule has 1 atom stereocenters. The van der Waals surface area contributed by atoms with Crippen molar-refractivity contribution in [2.24, 2.45) is 0 Å². The number of carbonyl (C=O) groups excluding carboxylic acids is 2. The Balaban J connectivity index is 2.00. The predicted octanol–water partition coefficient (Wildman–Crippen LogP) is 2.29. The van der Waals surface area contributed by atoms with Crippen molar-refractivity contribution in [1.29, 1.82) is 0 Å². The smallest absolute Gasteiger partial charge is 0.260 e. The summed E-state index contributed by atoms with van der Waals surface area (Å²) < 4.78 is 0. The van der Waals surface area contributed by atoms with E-state index in [9.17, 15) is 14.7 Å². The van der Waals surface area contributed by atoms with E-state index in [2.05, 4.69) is 0 Å². The van der Waals surface area contributed by atoms with Crippen LogP contribution in [0.25, 0.3) is 0 Å². The van der Waals surface area contributed by atoms with Gasteiger partial charge in [-0.05, 0) is 36.2 Å². The first-order chi connectivity index (χ1) is 9.97. The molecular formula is C16H15NO3S. The molecule has 1 aromatic heterocycles. The number of benzene rings is 1. The van der Waals surface area contributed by atoms with E-state index in [1.165, 1.54) is 18.4 Å². The van der Waals surface area contributed by atoms with Gasteiger partial charge in [-0.15, -0.1) is 11.3 Å². The number of hydrogen-bond donors (Lipinski definition) is 1. The monoisotopic (exact) mass is 301 g/mol. The summed E-state index contributed by atoms with van der Waals surface area (Å²) in [4.78, 5) is 26.9. The molecule has 1 aliphatic rings. The third-order valence-electron chi connectivity index (χ3n) is 3.73. The first-order valence-electron chi connectivity index (χ1n) is 6.65. The van der Waals surface area contributed by atoms with E-state index in [1.807, 2.05) is 19.1 Å². The second-order valence-electron chi connectivity index (χ2n) is 5.20. The molecule has 0 radical (unpaired) electrons. The minimum Gasteiger partial charge on any atom is -0.383 e. The molecular weight excluding hydrogens is 286 g/mol. The number of hydrogen-bond acceptors (Lipinski definition) is 4. The van der Waals surface area contributed by atoms with Crippen LogP contribution < -0.4 is 0 Å². The number of aryl methyl sites for hydroxylation is 1. The van der Waals surface area contributed by atoms with Gasteiger partial charge in [-0.2, -0.15) is 0 Å². The quantitative estimate of drug-likeness (QED) is 0.866. The van der Waals surface area contributed by atoms with Crippen LogP contribution in [0.1, 0.15) is 37.3 Å². The topological polar surface area (TPSA) is 57.6 Å². The fraction of sp³-hybridized carbons (Fsp3) is 0.250. The average Bonchev–Trinajstić information content (AvgIpc) is 2.90. The lowest BCUT2D eigenvalue weighted by Crippen LogP contribution is -2.39. The molecule has 0 spiro atoms. The largest absolute Gasteiger partial charge is 0.383 e. The van der Waals surface area contributed by atoms with Crippen LogP contribution in [0.15, 0.2) is 30.3 Å². The van der Waals surface area contributed by atoms with Crippen LogP contribution in [0.3, 0.4) is 0 Å². The Morgan fingerprint density at radius 2 is 2.00 bits per heavy atom. The van der Waals surface area contributed by atoms with Gasteiger partial charge in [-0.1, -0.05) is 12.1 Å².